The van der Waals surface area contributed by atoms with Gasteiger partial charge in [0.25, 0.3) is 0 Å². The summed E-state index contributed by atoms with van der Waals surface area (Å²) >= 11 is 0. The van der Waals surface area contributed by atoms with Gasteiger partial charge in [0.15, 0.2) is 0 Å². The Kier molecular flexibility index (Phi) is 4.14. The lowest BCUT2D eigenvalue weighted by Gasteiger charge is -2.29. The third kappa shape index (κ3) is 4.65. The van der Waals surface area contributed by atoms with Crippen molar-refractivity contribution < 1.29 is 4.79 Å². The van der Waals surface area contributed by atoms with Gasteiger partial charge in [0, 0.05) is 12.6 Å². The predicted octanol–water partition coefficient (Wildman–Crippen LogP) is 1.54. The average molecular weight is 212 g/mol. The molecule has 1 rings (SSSR count). The second-order valence-corrected chi connectivity index (χ2v) is 5.59. The molecule has 1 amide bonds. The Morgan fingerprint density at radius 1 is 1.40 bits per heavy atom. The largest absolute Gasteiger partial charge is 0.352 e. The van der Waals surface area contributed by atoms with Crippen LogP contribution in [-0.2, 0) is 4.79 Å². The van der Waals surface area contributed by atoms with Crippen LogP contribution in [-0.4, -0.2) is 25.0 Å². The monoisotopic (exact) mass is 212 g/mol. The van der Waals surface area contributed by atoms with Crippen LogP contribution >= 0.6 is 0 Å². The van der Waals surface area contributed by atoms with Gasteiger partial charge in [0.1, 0.15) is 0 Å². The van der Waals surface area contributed by atoms with E-state index in [0.717, 1.165) is 19.4 Å². The number of rotatable bonds is 6. The van der Waals surface area contributed by atoms with E-state index in [1.807, 2.05) is 0 Å². The van der Waals surface area contributed by atoms with Crippen LogP contribution in [0.3, 0.4) is 0 Å². The second kappa shape index (κ2) is 4.97. The maximum Gasteiger partial charge on any atom is 0.234 e. The highest BCUT2D eigenvalue weighted by Gasteiger charge is 2.24. The lowest BCUT2D eigenvalue weighted by Crippen LogP contribution is -2.40. The first-order chi connectivity index (χ1) is 6.92. The zero-order valence-electron chi connectivity index (χ0n) is 10.4. The summed E-state index contributed by atoms with van der Waals surface area (Å²) in [5.41, 5.74) is 0.250. The Labute approximate surface area is 93.0 Å². The maximum atomic E-state index is 11.4. The first-order valence-corrected chi connectivity index (χ1v) is 5.92. The maximum absolute atomic E-state index is 11.4. The van der Waals surface area contributed by atoms with Crippen molar-refractivity contribution in [3.63, 3.8) is 0 Å². The Hall–Kier alpha value is -0.570. The van der Waals surface area contributed by atoms with Gasteiger partial charge >= 0.3 is 0 Å². The molecule has 2 N–H and O–H groups in total. The minimum Gasteiger partial charge on any atom is -0.352 e. The molecule has 0 unspecified atom stereocenters. The normalized spacial score (nSPS) is 16.9. The molecular weight excluding hydrogens is 188 g/mol. The van der Waals surface area contributed by atoms with Crippen LogP contribution < -0.4 is 10.6 Å². The summed E-state index contributed by atoms with van der Waals surface area (Å²) in [7, 11) is 0. The van der Waals surface area contributed by atoms with Crippen LogP contribution in [0, 0.1) is 11.3 Å². The summed E-state index contributed by atoms with van der Waals surface area (Å²) in [4.78, 5) is 11.4. The highest BCUT2D eigenvalue weighted by atomic mass is 16.2. The molecule has 0 aromatic carbocycles. The fraction of sp³-hybridized carbons (Fsp3) is 0.917. The Morgan fingerprint density at radius 2 is 2.00 bits per heavy atom. The van der Waals surface area contributed by atoms with E-state index in [0.29, 0.717) is 18.5 Å². The molecule has 1 aliphatic carbocycles. The van der Waals surface area contributed by atoms with E-state index < -0.39 is 0 Å². The highest BCUT2D eigenvalue weighted by Crippen LogP contribution is 2.24. The fourth-order valence-electron chi connectivity index (χ4n) is 1.21. The molecule has 0 radical (unpaired) electrons. The van der Waals surface area contributed by atoms with Crippen molar-refractivity contribution in [2.75, 3.05) is 13.1 Å². The van der Waals surface area contributed by atoms with Gasteiger partial charge in [0.2, 0.25) is 5.91 Å². The number of amides is 1. The van der Waals surface area contributed by atoms with Crippen LogP contribution in [0.1, 0.15) is 40.5 Å². The molecule has 0 saturated heterocycles. The van der Waals surface area contributed by atoms with Crippen molar-refractivity contribution in [3.05, 3.63) is 0 Å². The van der Waals surface area contributed by atoms with Crippen LogP contribution in [0.5, 0.6) is 0 Å². The lowest BCUT2D eigenvalue weighted by atomic mass is 9.81. The molecule has 0 atom stereocenters. The molecule has 0 heterocycles. The first-order valence-electron chi connectivity index (χ1n) is 5.92. The third-order valence-corrected chi connectivity index (χ3v) is 3.37. The zero-order valence-corrected chi connectivity index (χ0v) is 10.4. The van der Waals surface area contributed by atoms with Crippen LogP contribution in [0.15, 0.2) is 0 Å². The van der Waals surface area contributed by atoms with Crippen molar-refractivity contribution in [1.82, 2.24) is 10.6 Å². The minimum atomic E-state index is 0.136. The number of hydrogen-bond acceptors (Lipinski definition) is 2. The molecule has 0 aliphatic heterocycles. The van der Waals surface area contributed by atoms with E-state index in [1.54, 1.807) is 0 Å². The molecule has 0 aromatic heterocycles. The molecule has 1 saturated carbocycles. The van der Waals surface area contributed by atoms with Gasteiger partial charge in [-0.05, 0) is 24.2 Å². The lowest BCUT2D eigenvalue weighted by molar-refractivity contribution is -0.120. The van der Waals surface area contributed by atoms with E-state index in [9.17, 15) is 4.79 Å². The van der Waals surface area contributed by atoms with Crippen LogP contribution in [0.25, 0.3) is 0 Å². The molecule has 15 heavy (non-hydrogen) atoms. The molecule has 1 aliphatic rings. The van der Waals surface area contributed by atoms with Crippen molar-refractivity contribution in [1.29, 1.82) is 0 Å². The average Bonchev–Trinajstić information content (AvgIpc) is 2.87. The Bertz CT molecular complexity index is 220. The number of hydrogen-bond donors (Lipinski definition) is 2. The van der Waals surface area contributed by atoms with Crippen molar-refractivity contribution >= 4 is 5.91 Å². The number of nitrogens with one attached hydrogen (secondary N) is 2. The summed E-state index contributed by atoms with van der Waals surface area (Å²) in [6, 6.07) is 0.470. The summed E-state index contributed by atoms with van der Waals surface area (Å²) in [6.45, 7) is 10.2. The summed E-state index contributed by atoms with van der Waals surface area (Å²) < 4.78 is 0. The summed E-state index contributed by atoms with van der Waals surface area (Å²) in [5.74, 6) is 0.758. The highest BCUT2D eigenvalue weighted by molar-refractivity contribution is 5.78. The van der Waals surface area contributed by atoms with Gasteiger partial charge < -0.3 is 10.6 Å². The molecule has 3 nitrogen and oxygen atoms in total. The fourth-order valence-corrected chi connectivity index (χ4v) is 1.21. The van der Waals surface area contributed by atoms with E-state index in [2.05, 4.69) is 38.3 Å². The smallest absolute Gasteiger partial charge is 0.234 e. The summed E-state index contributed by atoms with van der Waals surface area (Å²) in [5, 5.41) is 6.20. The summed E-state index contributed by atoms with van der Waals surface area (Å²) in [6.07, 6.45) is 2.31. The van der Waals surface area contributed by atoms with Gasteiger partial charge in [-0.15, -0.1) is 0 Å². The van der Waals surface area contributed by atoms with Gasteiger partial charge in [-0.3, -0.25) is 4.79 Å². The van der Waals surface area contributed by atoms with E-state index in [-0.39, 0.29) is 11.3 Å². The van der Waals surface area contributed by atoms with Gasteiger partial charge in [0.05, 0.1) is 6.54 Å². The van der Waals surface area contributed by atoms with E-state index in [1.165, 1.54) is 0 Å². The molecule has 88 valence electrons. The SMILES string of the molecule is CC(C)C(C)(C)CNCC(=O)NC1CC1. The first kappa shape index (κ1) is 12.5. The topological polar surface area (TPSA) is 41.1 Å². The van der Waals surface area contributed by atoms with Crippen molar-refractivity contribution in [2.45, 2.75) is 46.6 Å². The predicted molar refractivity (Wildman–Crippen MR) is 62.7 cm³/mol. The Morgan fingerprint density at radius 3 is 2.47 bits per heavy atom. The molecule has 0 spiro atoms. The van der Waals surface area contributed by atoms with Crippen LogP contribution in [0.4, 0.5) is 0 Å². The molecular formula is C12H24N2O. The molecule has 3 heteroatoms. The van der Waals surface area contributed by atoms with Gasteiger partial charge in [-0.25, -0.2) is 0 Å². The third-order valence-electron chi connectivity index (χ3n) is 3.37. The van der Waals surface area contributed by atoms with Crippen LogP contribution in [0.2, 0.25) is 0 Å². The van der Waals surface area contributed by atoms with Gasteiger partial charge in [-0.2, -0.15) is 0 Å². The van der Waals surface area contributed by atoms with E-state index in [4.69, 9.17) is 0 Å². The van der Waals surface area contributed by atoms with Crippen molar-refractivity contribution in [2.24, 2.45) is 11.3 Å². The molecule has 1 fully saturated rings. The molecule has 0 bridgehead atoms. The van der Waals surface area contributed by atoms with Gasteiger partial charge in [-0.1, -0.05) is 27.7 Å². The minimum absolute atomic E-state index is 0.136. The standard InChI is InChI=1S/C12H24N2O/c1-9(2)12(3,4)8-13-7-11(15)14-10-5-6-10/h9-10,13H,5-8H2,1-4H3,(H,14,15). The number of carbonyl (C=O) groups is 1. The second-order valence-electron chi connectivity index (χ2n) is 5.59. The van der Waals surface area contributed by atoms with E-state index >= 15 is 0 Å². The molecule has 0 aromatic rings. The zero-order chi connectivity index (χ0) is 11.5. The van der Waals surface area contributed by atoms with Crippen molar-refractivity contribution in [3.8, 4) is 0 Å². The Balaban J connectivity index is 2.11. The number of carbonyl (C=O) groups excluding carboxylic acids is 1. The quantitative estimate of drug-likeness (QED) is 0.701.